The smallest absolute Gasteiger partial charge is 0.410 e. The van der Waals surface area contributed by atoms with E-state index in [0.29, 0.717) is 24.6 Å². The zero-order valence-corrected chi connectivity index (χ0v) is 18.7. The molecular weight excluding hydrogens is 412 g/mol. The van der Waals surface area contributed by atoms with E-state index < -0.39 is 10.5 Å². The summed E-state index contributed by atoms with van der Waals surface area (Å²) in [7, 11) is 0. The Morgan fingerprint density at radius 1 is 1.22 bits per heavy atom. The lowest BCUT2D eigenvalue weighted by molar-refractivity contribution is -0.384. The molecule has 5 heterocycles. The van der Waals surface area contributed by atoms with Gasteiger partial charge in [0, 0.05) is 42.8 Å². The van der Waals surface area contributed by atoms with Crippen LogP contribution in [0.25, 0.3) is 0 Å². The lowest BCUT2D eigenvalue weighted by Gasteiger charge is -2.51. The van der Waals surface area contributed by atoms with E-state index in [2.05, 4.69) is 20.2 Å². The summed E-state index contributed by atoms with van der Waals surface area (Å²) in [6.07, 6.45) is 3.17. The number of pyridine rings is 2. The van der Waals surface area contributed by atoms with Crippen LogP contribution in [0.1, 0.15) is 39.3 Å². The number of piperidine rings is 2. The molecule has 2 aromatic heterocycles. The highest BCUT2D eigenvalue weighted by Crippen LogP contribution is 2.35. The van der Waals surface area contributed by atoms with Gasteiger partial charge in [0.25, 0.3) is 0 Å². The number of hydrogen-bond acceptors (Lipinski definition) is 8. The fourth-order valence-electron chi connectivity index (χ4n) is 4.25. The van der Waals surface area contributed by atoms with Crippen molar-refractivity contribution >= 4 is 29.1 Å². The second-order valence-electron chi connectivity index (χ2n) is 9.28. The van der Waals surface area contributed by atoms with Gasteiger partial charge in [0.05, 0.1) is 11.0 Å². The Morgan fingerprint density at radius 2 is 1.97 bits per heavy atom. The first-order valence-electron chi connectivity index (χ1n) is 10.7. The monoisotopic (exact) mass is 440 g/mol. The van der Waals surface area contributed by atoms with E-state index in [-0.39, 0.29) is 29.7 Å². The zero-order chi connectivity index (χ0) is 23.0. The van der Waals surface area contributed by atoms with E-state index >= 15 is 0 Å². The minimum atomic E-state index is -0.542. The number of nitrogens with one attached hydrogen (secondary N) is 1. The van der Waals surface area contributed by atoms with Crippen LogP contribution in [0.4, 0.5) is 27.8 Å². The molecule has 0 radical (unpaired) electrons. The maximum atomic E-state index is 12.6. The molecule has 0 spiro atoms. The molecule has 3 aliphatic rings. The minimum absolute atomic E-state index is 0.0195. The molecule has 1 N–H and O–H groups in total. The highest BCUT2D eigenvalue weighted by Gasteiger charge is 2.43. The number of rotatable bonds is 4. The van der Waals surface area contributed by atoms with Gasteiger partial charge < -0.3 is 19.9 Å². The number of piperazine rings is 1. The Morgan fingerprint density at radius 3 is 2.59 bits per heavy atom. The molecule has 2 bridgehead atoms. The number of anilines is 3. The van der Waals surface area contributed by atoms with Crippen molar-refractivity contribution in [3.05, 3.63) is 46.3 Å². The SMILES string of the molecule is Cc1cc(Nc2nc(N3C[C@H]4CCC3CN4C(=O)OC(C)(C)C)ccc2[N+](=O)[O-])ccn1. The Kier molecular flexibility index (Phi) is 5.62. The second-order valence-corrected chi connectivity index (χ2v) is 9.28. The first kappa shape index (κ1) is 21.8. The van der Waals surface area contributed by atoms with Crippen LogP contribution >= 0.6 is 0 Å². The van der Waals surface area contributed by atoms with Crippen LogP contribution in [0.15, 0.2) is 30.5 Å². The van der Waals surface area contributed by atoms with Crippen molar-refractivity contribution in [3.63, 3.8) is 0 Å². The van der Waals surface area contributed by atoms with Gasteiger partial charge in [-0.25, -0.2) is 9.78 Å². The van der Waals surface area contributed by atoms with Gasteiger partial charge in [-0.2, -0.15) is 0 Å². The van der Waals surface area contributed by atoms with Crippen LogP contribution in [0.2, 0.25) is 0 Å². The number of hydrogen-bond donors (Lipinski definition) is 1. The summed E-state index contributed by atoms with van der Waals surface area (Å²) in [4.78, 5) is 36.5. The average Bonchev–Trinajstić information content (AvgIpc) is 2.72. The molecule has 10 heteroatoms. The maximum Gasteiger partial charge on any atom is 0.410 e. The molecule has 32 heavy (non-hydrogen) atoms. The number of carbonyl (C=O) groups is 1. The van der Waals surface area contributed by atoms with E-state index in [0.717, 1.165) is 18.5 Å². The fraction of sp³-hybridized carbons (Fsp3) is 0.500. The number of aryl methyl sites for hydroxylation is 1. The number of carbonyl (C=O) groups excluding carboxylic acids is 1. The molecule has 3 fully saturated rings. The molecule has 2 aromatic rings. The molecule has 1 amide bonds. The summed E-state index contributed by atoms with van der Waals surface area (Å²) in [5.74, 6) is 0.839. The standard InChI is InChI=1S/C22H28N6O4/c1-14-11-15(9-10-23-14)24-20-18(28(30)31)7-8-19(25-20)26-12-17-6-5-16(26)13-27(17)21(29)32-22(2,3)4/h7-11,16-17H,5-6,12-13H2,1-4H3,(H,23,24,25)/t16?,17-/m1/s1. The zero-order valence-electron chi connectivity index (χ0n) is 18.7. The molecule has 0 saturated carbocycles. The predicted octanol–water partition coefficient (Wildman–Crippen LogP) is 4.02. The molecule has 170 valence electrons. The predicted molar refractivity (Wildman–Crippen MR) is 120 cm³/mol. The maximum absolute atomic E-state index is 12.6. The van der Waals surface area contributed by atoms with Gasteiger partial charge in [0.15, 0.2) is 0 Å². The van der Waals surface area contributed by atoms with Crippen molar-refractivity contribution in [2.45, 2.75) is 58.2 Å². The Hall–Kier alpha value is -3.43. The van der Waals surface area contributed by atoms with Crippen molar-refractivity contribution < 1.29 is 14.5 Å². The molecular formula is C22H28N6O4. The molecule has 5 rings (SSSR count). The van der Waals surface area contributed by atoms with Gasteiger partial charge in [0.1, 0.15) is 11.4 Å². The third kappa shape index (κ3) is 4.58. The molecule has 0 aromatic carbocycles. The van der Waals surface area contributed by atoms with Crippen molar-refractivity contribution in [2.75, 3.05) is 23.3 Å². The molecule has 0 aliphatic carbocycles. The molecule has 2 atom stereocenters. The molecule has 3 aliphatic heterocycles. The lowest BCUT2D eigenvalue weighted by Crippen LogP contribution is -2.64. The second kappa shape index (κ2) is 8.25. The minimum Gasteiger partial charge on any atom is -0.444 e. The van der Waals surface area contributed by atoms with Crippen molar-refractivity contribution in [1.29, 1.82) is 0 Å². The van der Waals surface area contributed by atoms with Crippen molar-refractivity contribution in [2.24, 2.45) is 0 Å². The largest absolute Gasteiger partial charge is 0.444 e. The van der Waals surface area contributed by atoms with E-state index in [1.54, 1.807) is 29.3 Å². The summed E-state index contributed by atoms with van der Waals surface area (Å²) in [5.41, 5.74) is 0.839. The van der Waals surface area contributed by atoms with E-state index in [1.165, 1.54) is 6.07 Å². The summed E-state index contributed by atoms with van der Waals surface area (Å²) >= 11 is 0. The Labute approximate surface area is 186 Å². The molecule has 10 nitrogen and oxygen atoms in total. The van der Waals surface area contributed by atoms with Gasteiger partial charge in [-0.3, -0.25) is 15.1 Å². The molecule has 1 unspecified atom stereocenters. The number of nitro groups is 1. The van der Waals surface area contributed by atoms with Gasteiger partial charge in [-0.1, -0.05) is 0 Å². The van der Waals surface area contributed by atoms with E-state index in [4.69, 9.17) is 4.74 Å². The van der Waals surface area contributed by atoms with Crippen molar-refractivity contribution in [3.8, 4) is 0 Å². The average molecular weight is 441 g/mol. The number of aromatic nitrogens is 2. The van der Waals surface area contributed by atoms with E-state index in [9.17, 15) is 14.9 Å². The topological polar surface area (TPSA) is 114 Å². The third-order valence-corrected chi connectivity index (χ3v) is 5.67. The van der Waals surface area contributed by atoms with Crippen LogP contribution < -0.4 is 10.2 Å². The van der Waals surface area contributed by atoms with Crippen LogP contribution in [-0.4, -0.2) is 56.7 Å². The van der Waals surface area contributed by atoms with E-state index in [1.807, 2.05) is 27.7 Å². The fourth-order valence-corrected chi connectivity index (χ4v) is 4.25. The van der Waals surface area contributed by atoms with Gasteiger partial charge in [-0.05, 0) is 58.7 Å². The lowest BCUT2D eigenvalue weighted by atomic mass is 9.91. The van der Waals surface area contributed by atoms with Crippen LogP contribution in [0, 0.1) is 17.0 Å². The van der Waals surface area contributed by atoms with Crippen LogP contribution in [0.5, 0.6) is 0 Å². The highest BCUT2D eigenvalue weighted by atomic mass is 16.6. The van der Waals surface area contributed by atoms with Gasteiger partial charge in [0.2, 0.25) is 5.82 Å². The summed E-state index contributed by atoms with van der Waals surface area (Å²) in [6, 6.07) is 6.81. The first-order valence-corrected chi connectivity index (χ1v) is 10.7. The van der Waals surface area contributed by atoms with Gasteiger partial charge in [-0.15, -0.1) is 0 Å². The molecule has 3 saturated heterocycles. The Bertz CT molecular complexity index is 1040. The number of nitrogens with zero attached hydrogens (tertiary/aromatic N) is 5. The summed E-state index contributed by atoms with van der Waals surface area (Å²) < 4.78 is 5.57. The third-order valence-electron chi connectivity index (χ3n) is 5.67. The Balaban J connectivity index is 1.57. The quantitative estimate of drug-likeness (QED) is 0.560. The van der Waals surface area contributed by atoms with Gasteiger partial charge >= 0.3 is 11.8 Å². The number of fused-ring (bicyclic) bond motifs is 3. The van der Waals surface area contributed by atoms with Crippen LogP contribution in [0.3, 0.4) is 0 Å². The summed E-state index contributed by atoms with van der Waals surface area (Å²) in [5, 5.41) is 14.6. The van der Waals surface area contributed by atoms with Crippen molar-refractivity contribution in [1.82, 2.24) is 14.9 Å². The number of ether oxygens (including phenoxy) is 1. The van der Waals surface area contributed by atoms with Crippen LogP contribution in [-0.2, 0) is 4.74 Å². The normalized spacial score (nSPS) is 20.2. The first-order chi connectivity index (χ1) is 15.1. The number of amides is 1. The highest BCUT2D eigenvalue weighted by molar-refractivity contribution is 5.71. The summed E-state index contributed by atoms with van der Waals surface area (Å²) in [6.45, 7) is 8.59.